The molecule has 0 aliphatic carbocycles. The summed E-state index contributed by atoms with van der Waals surface area (Å²) in [6.45, 7) is 5.11. The molecular formula is C14H22N4O2. The van der Waals surface area contributed by atoms with Gasteiger partial charge in [-0.1, -0.05) is 0 Å². The van der Waals surface area contributed by atoms with Gasteiger partial charge in [-0.05, 0) is 20.4 Å². The Morgan fingerprint density at radius 3 is 2.90 bits per heavy atom. The summed E-state index contributed by atoms with van der Waals surface area (Å²) in [7, 11) is 3.95. The van der Waals surface area contributed by atoms with Crippen molar-refractivity contribution in [2.75, 3.05) is 33.3 Å². The van der Waals surface area contributed by atoms with Gasteiger partial charge in [0.1, 0.15) is 0 Å². The molecule has 2 aliphatic heterocycles. The Labute approximate surface area is 119 Å². The molecule has 0 N–H and O–H groups in total. The standard InChI is InChI=1S/C14H22N4O2/c1-10-11(8-17(3)15-10)14(19)18-6-7-20-13-4-5-16(2)9-12(13)18/h8,12-13H,4-7,9H2,1-3H3. The monoisotopic (exact) mass is 278 g/mol. The lowest BCUT2D eigenvalue weighted by Gasteiger charge is -2.46. The molecule has 1 amide bonds. The molecule has 0 saturated carbocycles. The summed E-state index contributed by atoms with van der Waals surface area (Å²) in [6, 6.07) is 0.162. The van der Waals surface area contributed by atoms with E-state index in [0.717, 1.165) is 25.2 Å². The van der Waals surface area contributed by atoms with E-state index < -0.39 is 0 Å². The molecule has 3 rings (SSSR count). The van der Waals surface area contributed by atoms with E-state index in [0.29, 0.717) is 18.7 Å². The van der Waals surface area contributed by atoms with Gasteiger partial charge in [-0.3, -0.25) is 9.48 Å². The van der Waals surface area contributed by atoms with Gasteiger partial charge >= 0.3 is 0 Å². The van der Waals surface area contributed by atoms with Crippen LogP contribution in [-0.2, 0) is 11.8 Å². The number of carbonyl (C=O) groups excluding carboxylic acids is 1. The highest BCUT2D eigenvalue weighted by Gasteiger charge is 2.39. The van der Waals surface area contributed by atoms with Crippen LogP contribution in [0, 0.1) is 6.92 Å². The third-order valence-electron chi connectivity index (χ3n) is 4.29. The molecule has 6 nitrogen and oxygen atoms in total. The Morgan fingerprint density at radius 2 is 2.20 bits per heavy atom. The predicted octanol–water partition coefficient (Wildman–Crippen LogP) is 0.274. The topological polar surface area (TPSA) is 50.6 Å². The molecule has 1 aromatic rings. The molecule has 0 spiro atoms. The van der Waals surface area contributed by atoms with Crippen LogP contribution in [0.4, 0.5) is 0 Å². The molecule has 0 radical (unpaired) electrons. The summed E-state index contributed by atoms with van der Waals surface area (Å²) in [6.07, 6.45) is 2.99. The first kappa shape index (κ1) is 13.6. The lowest BCUT2D eigenvalue weighted by molar-refractivity contribution is -0.0870. The van der Waals surface area contributed by atoms with Crippen molar-refractivity contribution in [1.82, 2.24) is 19.6 Å². The van der Waals surface area contributed by atoms with Crippen molar-refractivity contribution in [2.45, 2.75) is 25.5 Å². The highest BCUT2D eigenvalue weighted by Crippen LogP contribution is 2.24. The SMILES string of the molecule is Cc1nn(C)cc1C(=O)N1CCOC2CCN(C)CC21. The van der Waals surface area contributed by atoms with Gasteiger partial charge in [0.2, 0.25) is 0 Å². The quantitative estimate of drug-likeness (QED) is 0.740. The third-order valence-corrected chi connectivity index (χ3v) is 4.29. The van der Waals surface area contributed by atoms with Crippen molar-refractivity contribution < 1.29 is 9.53 Å². The summed E-state index contributed by atoms with van der Waals surface area (Å²) in [5, 5.41) is 4.27. The summed E-state index contributed by atoms with van der Waals surface area (Å²) in [4.78, 5) is 17.0. The number of likely N-dealkylation sites (N-methyl/N-ethyl adjacent to an activating group) is 1. The number of aromatic nitrogens is 2. The van der Waals surface area contributed by atoms with E-state index in [-0.39, 0.29) is 18.1 Å². The number of ether oxygens (including phenoxy) is 1. The van der Waals surface area contributed by atoms with E-state index >= 15 is 0 Å². The molecule has 3 heterocycles. The number of rotatable bonds is 1. The van der Waals surface area contributed by atoms with Gasteiger partial charge in [0.05, 0.1) is 30.0 Å². The van der Waals surface area contributed by atoms with Crippen LogP contribution >= 0.6 is 0 Å². The normalized spacial score (nSPS) is 27.4. The van der Waals surface area contributed by atoms with Gasteiger partial charge < -0.3 is 14.5 Å². The van der Waals surface area contributed by atoms with Gasteiger partial charge in [-0.2, -0.15) is 5.10 Å². The summed E-state index contributed by atoms with van der Waals surface area (Å²) in [5.74, 6) is 0.0872. The first-order chi connectivity index (χ1) is 9.56. The third kappa shape index (κ3) is 2.33. The molecule has 1 aromatic heterocycles. The van der Waals surface area contributed by atoms with Gasteiger partial charge in [0.25, 0.3) is 5.91 Å². The minimum atomic E-state index is 0.0872. The van der Waals surface area contributed by atoms with E-state index in [4.69, 9.17) is 4.74 Å². The largest absolute Gasteiger partial charge is 0.374 e. The van der Waals surface area contributed by atoms with Crippen LogP contribution in [0.15, 0.2) is 6.20 Å². The Kier molecular flexibility index (Phi) is 3.52. The van der Waals surface area contributed by atoms with E-state index in [2.05, 4.69) is 17.0 Å². The second-order valence-corrected chi connectivity index (χ2v) is 5.83. The first-order valence-corrected chi connectivity index (χ1v) is 7.17. The zero-order valence-corrected chi connectivity index (χ0v) is 12.4. The minimum Gasteiger partial charge on any atom is -0.374 e. The number of aryl methyl sites for hydroxylation is 2. The molecule has 2 saturated heterocycles. The lowest BCUT2D eigenvalue weighted by atomic mass is 9.98. The number of morpholine rings is 1. The Balaban J connectivity index is 1.84. The average Bonchev–Trinajstić information content (AvgIpc) is 2.76. The van der Waals surface area contributed by atoms with E-state index in [1.807, 2.05) is 25.1 Å². The average molecular weight is 278 g/mol. The highest BCUT2D eigenvalue weighted by atomic mass is 16.5. The molecule has 2 atom stereocenters. The van der Waals surface area contributed by atoms with Gasteiger partial charge in [-0.15, -0.1) is 0 Å². The Morgan fingerprint density at radius 1 is 1.40 bits per heavy atom. The molecule has 2 unspecified atom stereocenters. The van der Waals surface area contributed by atoms with Crippen LogP contribution in [0.1, 0.15) is 22.5 Å². The summed E-state index contributed by atoms with van der Waals surface area (Å²) < 4.78 is 7.54. The van der Waals surface area contributed by atoms with Crippen LogP contribution in [0.3, 0.4) is 0 Å². The molecule has 20 heavy (non-hydrogen) atoms. The number of likely N-dealkylation sites (tertiary alicyclic amines) is 1. The number of piperidine rings is 1. The van der Waals surface area contributed by atoms with E-state index in [9.17, 15) is 4.79 Å². The van der Waals surface area contributed by atoms with Crippen LogP contribution in [0.2, 0.25) is 0 Å². The van der Waals surface area contributed by atoms with Gasteiger partial charge in [-0.25, -0.2) is 0 Å². The van der Waals surface area contributed by atoms with Gasteiger partial charge in [0, 0.05) is 32.9 Å². The van der Waals surface area contributed by atoms with Crippen molar-refractivity contribution in [2.24, 2.45) is 7.05 Å². The minimum absolute atomic E-state index is 0.0872. The van der Waals surface area contributed by atoms with E-state index in [1.54, 1.807) is 4.68 Å². The van der Waals surface area contributed by atoms with Crippen LogP contribution in [-0.4, -0.2) is 70.9 Å². The van der Waals surface area contributed by atoms with Crippen molar-refractivity contribution in [3.8, 4) is 0 Å². The predicted molar refractivity (Wildman–Crippen MR) is 74.6 cm³/mol. The molecule has 110 valence electrons. The maximum atomic E-state index is 12.8. The van der Waals surface area contributed by atoms with Crippen molar-refractivity contribution in [3.05, 3.63) is 17.5 Å². The molecule has 2 fully saturated rings. The second kappa shape index (κ2) is 5.18. The molecule has 6 heteroatoms. The Bertz CT molecular complexity index is 513. The molecular weight excluding hydrogens is 256 g/mol. The molecule has 0 aromatic carbocycles. The van der Waals surface area contributed by atoms with Crippen LogP contribution in [0.25, 0.3) is 0 Å². The fraction of sp³-hybridized carbons (Fsp3) is 0.714. The first-order valence-electron chi connectivity index (χ1n) is 7.17. The number of fused-ring (bicyclic) bond motifs is 1. The maximum Gasteiger partial charge on any atom is 0.257 e. The van der Waals surface area contributed by atoms with Crippen molar-refractivity contribution >= 4 is 5.91 Å². The van der Waals surface area contributed by atoms with Gasteiger partial charge in [0.15, 0.2) is 0 Å². The van der Waals surface area contributed by atoms with E-state index in [1.165, 1.54) is 0 Å². The number of hydrogen-bond acceptors (Lipinski definition) is 4. The number of nitrogens with zero attached hydrogens (tertiary/aromatic N) is 4. The number of carbonyl (C=O) groups is 1. The summed E-state index contributed by atoms with van der Waals surface area (Å²) >= 11 is 0. The van der Waals surface area contributed by atoms with Crippen molar-refractivity contribution in [1.29, 1.82) is 0 Å². The fourth-order valence-electron chi connectivity index (χ4n) is 3.25. The zero-order valence-electron chi connectivity index (χ0n) is 12.4. The smallest absolute Gasteiger partial charge is 0.257 e. The van der Waals surface area contributed by atoms with Crippen molar-refractivity contribution in [3.63, 3.8) is 0 Å². The molecule has 2 aliphatic rings. The molecule has 0 bridgehead atoms. The summed E-state index contributed by atoms with van der Waals surface area (Å²) in [5.41, 5.74) is 1.51. The number of hydrogen-bond donors (Lipinski definition) is 0. The van der Waals surface area contributed by atoms with Crippen LogP contribution in [0.5, 0.6) is 0 Å². The number of amides is 1. The van der Waals surface area contributed by atoms with Crippen LogP contribution < -0.4 is 0 Å². The zero-order chi connectivity index (χ0) is 14.3. The fourth-order valence-corrected chi connectivity index (χ4v) is 3.25. The second-order valence-electron chi connectivity index (χ2n) is 5.83. The Hall–Kier alpha value is -1.40. The highest BCUT2D eigenvalue weighted by molar-refractivity contribution is 5.95. The maximum absolute atomic E-state index is 12.8. The lowest BCUT2D eigenvalue weighted by Crippen LogP contribution is -2.60.